The molecule has 2 aliphatic heterocycles. The summed E-state index contributed by atoms with van der Waals surface area (Å²) in [5, 5.41) is 41.4. The molecule has 6 aliphatic rings. The van der Waals surface area contributed by atoms with Crippen molar-refractivity contribution in [2.24, 2.45) is 28.6 Å². The number of imide groups is 1. The highest BCUT2D eigenvalue weighted by Crippen LogP contribution is 2.70. The van der Waals surface area contributed by atoms with Gasteiger partial charge >= 0.3 is 0 Å². The van der Waals surface area contributed by atoms with Gasteiger partial charge in [0.25, 0.3) is 11.8 Å². The molecule has 0 bridgehead atoms. The molecule has 0 unspecified atom stereocenters. The van der Waals surface area contributed by atoms with E-state index >= 15 is 0 Å². The molecule has 3 saturated carbocycles. The number of nitrogens with zero attached hydrogens (tertiary/aromatic N) is 1. The Kier molecular flexibility index (Phi) is 11.9. The van der Waals surface area contributed by atoms with E-state index in [0.29, 0.717) is 29.7 Å². The Morgan fingerprint density at radius 1 is 0.953 bits per heavy atom. The van der Waals surface area contributed by atoms with E-state index in [-0.39, 0.29) is 55.1 Å². The van der Waals surface area contributed by atoms with Gasteiger partial charge < -0.3 is 40.7 Å². The number of ether oxygens (including phenoxy) is 2. The average molecular weight is 879 g/mol. The van der Waals surface area contributed by atoms with Crippen molar-refractivity contribution in [3.63, 3.8) is 0 Å². The molecular weight excluding hydrogens is 825 g/mol. The number of nitrogens with one attached hydrogen (secondary N) is 3. The van der Waals surface area contributed by atoms with Crippen molar-refractivity contribution in [3.8, 4) is 5.75 Å². The van der Waals surface area contributed by atoms with Crippen LogP contribution in [-0.4, -0.2) is 104 Å². The lowest BCUT2D eigenvalue weighted by Crippen LogP contribution is -2.63. The van der Waals surface area contributed by atoms with Gasteiger partial charge in [0.2, 0.25) is 17.7 Å². The van der Waals surface area contributed by atoms with E-state index in [0.717, 1.165) is 34.6 Å². The number of benzene rings is 2. The topological polar surface area (TPSA) is 238 Å². The van der Waals surface area contributed by atoms with Gasteiger partial charge in [-0.3, -0.25) is 38.5 Å². The normalized spacial score (nSPS) is 32.2. The van der Waals surface area contributed by atoms with Crippen LogP contribution in [0.25, 0.3) is 0 Å². The number of ketones is 2. The number of hydrogen-bond acceptors (Lipinski definition) is 12. The largest absolute Gasteiger partial charge is 0.508 e. The minimum absolute atomic E-state index is 0.0162. The van der Waals surface area contributed by atoms with Gasteiger partial charge in [0.05, 0.1) is 12.2 Å². The fraction of sp³-hybridized carbons (Fsp3) is 0.479. The number of hydrogen-bond donors (Lipinski definition) is 6. The second-order valence-electron chi connectivity index (χ2n) is 18.5. The highest BCUT2D eigenvalue weighted by atomic mass is 16.7. The fourth-order valence-corrected chi connectivity index (χ4v) is 11.6. The molecule has 16 nitrogen and oxygen atoms in total. The second kappa shape index (κ2) is 17.0. The lowest BCUT2D eigenvalue weighted by atomic mass is 9.46. The van der Waals surface area contributed by atoms with Crippen molar-refractivity contribution in [1.82, 2.24) is 15.5 Å². The zero-order chi connectivity index (χ0) is 45.9. The number of rotatable bonds is 13. The van der Waals surface area contributed by atoms with E-state index < -0.39 is 88.9 Å². The maximum atomic E-state index is 14.0. The molecule has 6 N–H and O–H groups in total. The Balaban J connectivity index is 0.887. The lowest BCUT2D eigenvalue weighted by molar-refractivity contribution is -0.201. The molecule has 4 fully saturated rings. The van der Waals surface area contributed by atoms with Gasteiger partial charge in [-0.2, -0.15) is 0 Å². The number of carbonyl (C=O) groups excluding carboxylic acids is 7. The van der Waals surface area contributed by atoms with Crippen molar-refractivity contribution in [2.45, 2.75) is 102 Å². The van der Waals surface area contributed by atoms with Crippen molar-refractivity contribution in [1.29, 1.82) is 0 Å². The van der Waals surface area contributed by atoms with Crippen LogP contribution < -0.4 is 16.0 Å². The van der Waals surface area contributed by atoms with Crippen molar-refractivity contribution in [3.05, 3.63) is 95.1 Å². The lowest BCUT2D eigenvalue weighted by Gasteiger charge is -2.59. The van der Waals surface area contributed by atoms with Crippen LogP contribution in [0.4, 0.5) is 5.69 Å². The SMILES string of the molecule is C[C@H](NC(=O)CCN1C(=O)C=CC1=O)C(=O)N[C@@H](C)C(=O)Nc1cccc(Cc2ccc([C@@H]3O[C@@H]4C[C@H]5[C@@H]6CCC7=CC(=O)C=C[C@]7(C)[C@H]6[C@@H](O)C[C@]5(C)[C@]4(C(=O)CO)O3)cc2O)c1. The van der Waals surface area contributed by atoms with E-state index in [4.69, 9.17) is 9.47 Å². The first-order valence-corrected chi connectivity index (χ1v) is 21.8. The van der Waals surface area contributed by atoms with Crippen molar-refractivity contribution in [2.75, 3.05) is 18.5 Å². The summed E-state index contributed by atoms with van der Waals surface area (Å²) in [6.45, 7) is 6.09. The first-order valence-electron chi connectivity index (χ1n) is 21.8. The monoisotopic (exact) mass is 878 g/mol. The first-order chi connectivity index (χ1) is 30.4. The number of anilines is 1. The Morgan fingerprint density at radius 2 is 1.69 bits per heavy atom. The summed E-state index contributed by atoms with van der Waals surface area (Å²) in [4.78, 5) is 88.8. The van der Waals surface area contributed by atoms with Crippen LogP contribution in [0.15, 0.2) is 78.4 Å². The number of Topliss-reactive ketones (excluding diaryl/α,β-unsaturated/α-hetero) is 1. The predicted molar refractivity (Wildman–Crippen MR) is 229 cm³/mol. The minimum atomic E-state index is -1.54. The third-order valence-electron chi connectivity index (χ3n) is 14.8. The van der Waals surface area contributed by atoms with Crippen LogP contribution in [0.2, 0.25) is 0 Å². The molecule has 64 heavy (non-hydrogen) atoms. The third kappa shape index (κ3) is 7.69. The van der Waals surface area contributed by atoms with Crippen LogP contribution in [-0.2, 0) is 49.5 Å². The summed E-state index contributed by atoms with van der Waals surface area (Å²) >= 11 is 0. The predicted octanol–water partition coefficient (Wildman–Crippen LogP) is 2.85. The number of phenols is 1. The molecular formula is C48H54N4O12. The molecule has 2 aromatic rings. The summed E-state index contributed by atoms with van der Waals surface area (Å²) < 4.78 is 13.3. The molecule has 1 saturated heterocycles. The molecule has 2 heterocycles. The summed E-state index contributed by atoms with van der Waals surface area (Å²) in [5.74, 6) is -3.53. The van der Waals surface area contributed by atoms with Gasteiger partial charge in [0.15, 0.2) is 23.5 Å². The number of aliphatic hydroxyl groups excluding tert-OH is 2. The van der Waals surface area contributed by atoms with Crippen molar-refractivity contribution < 1.29 is 58.4 Å². The van der Waals surface area contributed by atoms with E-state index in [1.54, 1.807) is 42.5 Å². The summed E-state index contributed by atoms with van der Waals surface area (Å²) in [7, 11) is 0. The molecule has 0 spiro atoms. The Labute approximate surface area is 370 Å². The highest BCUT2D eigenvalue weighted by Gasteiger charge is 2.76. The number of aromatic hydroxyl groups is 1. The third-order valence-corrected chi connectivity index (χ3v) is 14.8. The van der Waals surface area contributed by atoms with Gasteiger partial charge in [-0.15, -0.1) is 0 Å². The van der Waals surface area contributed by atoms with Crippen molar-refractivity contribution >= 4 is 46.8 Å². The van der Waals surface area contributed by atoms with E-state index in [1.165, 1.54) is 19.9 Å². The van der Waals surface area contributed by atoms with Crippen LogP contribution in [0.3, 0.4) is 0 Å². The quantitative estimate of drug-likeness (QED) is 0.159. The summed E-state index contributed by atoms with van der Waals surface area (Å²) in [5.41, 5.74) is 0.343. The van der Waals surface area contributed by atoms with Gasteiger partial charge in [0.1, 0.15) is 24.4 Å². The van der Waals surface area contributed by atoms with Gasteiger partial charge in [-0.25, -0.2) is 0 Å². The zero-order valence-corrected chi connectivity index (χ0v) is 36.2. The van der Waals surface area contributed by atoms with E-state index in [9.17, 15) is 48.9 Å². The molecule has 5 amide bonds. The molecule has 2 aromatic carbocycles. The van der Waals surface area contributed by atoms with Crippen LogP contribution in [0.5, 0.6) is 5.75 Å². The number of amides is 5. The molecule has 338 valence electrons. The Morgan fingerprint density at radius 3 is 2.41 bits per heavy atom. The molecule has 11 atom stereocenters. The molecule has 8 rings (SSSR count). The highest BCUT2D eigenvalue weighted by molar-refractivity contribution is 6.13. The number of fused-ring (bicyclic) bond motifs is 7. The van der Waals surface area contributed by atoms with Gasteiger partial charge in [-0.05, 0) is 92.8 Å². The molecule has 0 radical (unpaired) electrons. The number of phenolic OH excluding ortho intramolecular Hbond substituents is 1. The van der Waals surface area contributed by atoms with Crippen LogP contribution in [0.1, 0.15) is 82.8 Å². The molecule has 4 aliphatic carbocycles. The zero-order valence-electron chi connectivity index (χ0n) is 36.2. The van der Waals surface area contributed by atoms with Gasteiger partial charge in [0, 0.05) is 59.5 Å². The first kappa shape index (κ1) is 44.8. The number of aliphatic hydroxyl groups is 2. The molecule has 0 aromatic heterocycles. The fourth-order valence-electron chi connectivity index (χ4n) is 11.6. The minimum Gasteiger partial charge on any atom is -0.508 e. The molecule has 16 heteroatoms. The Bertz CT molecular complexity index is 2390. The number of allylic oxidation sites excluding steroid dienone is 4. The van der Waals surface area contributed by atoms with E-state index in [2.05, 4.69) is 22.9 Å². The van der Waals surface area contributed by atoms with E-state index in [1.807, 2.05) is 19.1 Å². The average Bonchev–Trinajstić information content (AvgIpc) is 3.88. The summed E-state index contributed by atoms with van der Waals surface area (Å²) in [6.07, 6.45) is 7.15. The number of carbonyl (C=O) groups is 7. The van der Waals surface area contributed by atoms with Gasteiger partial charge in [-0.1, -0.05) is 49.8 Å². The Hall–Kier alpha value is -5.81. The second-order valence-corrected chi connectivity index (χ2v) is 18.5. The maximum absolute atomic E-state index is 14.0. The van der Waals surface area contributed by atoms with Crippen LogP contribution >= 0.6 is 0 Å². The summed E-state index contributed by atoms with van der Waals surface area (Å²) in [6, 6.07) is 10.00. The van der Waals surface area contributed by atoms with Crippen LogP contribution in [0, 0.1) is 28.6 Å². The smallest absolute Gasteiger partial charge is 0.253 e. The standard InChI is InChI=1S/C48H54N4O12/c1-25(49-39(58)15-17-52-40(59)12-13-41(52)60)43(61)50-26(2)44(62)51-31-7-5-6-27(19-31)18-28-8-9-29(20-35(28)55)45-63-38-22-34-33-11-10-30-21-32(54)14-16-46(30,3)42(33)36(56)23-47(34,4)48(38,64-45)37(57)24-53/h5-9,12-14,16,19-21,25-26,33-34,36,38,42,45,53,55-56H,10-11,15,17-18,22-24H2,1-4H3,(H,49,58)(H,50,61)(H,51,62)/t25-,26-,33-,34-,36-,38+,42+,45+,46-,47-,48+/m0/s1. The maximum Gasteiger partial charge on any atom is 0.253 e.